The molecular formula is C13H20BrNO2. The summed E-state index contributed by atoms with van der Waals surface area (Å²) in [5.41, 5.74) is 6.85. The normalized spacial score (nSPS) is 11.4. The van der Waals surface area contributed by atoms with Gasteiger partial charge >= 0.3 is 0 Å². The predicted molar refractivity (Wildman–Crippen MR) is 73.9 cm³/mol. The molecule has 1 aromatic rings. The first-order valence-electron chi connectivity index (χ1n) is 5.58. The molecule has 0 aliphatic heterocycles. The number of rotatable bonds is 5. The Morgan fingerprint density at radius 1 is 1.18 bits per heavy atom. The summed E-state index contributed by atoms with van der Waals surface area (Å²) >= 11 is 3.58. The Bertz CT molecular complexity index is 391. The van der Waals surface area contributed by atoms with Crippen molar-refractivity contribution in [1.82, 2.24) is 0 Å². The lowest BCUT2D eigenvalue weighted by atomic mass is 9.81. The van der Waals surface area contributed by atoms with Crippen molar-refractivity contribution in [3.8, 4) is 11.5 Å². The summed E-state index contributed by atoms with van der Waals surface area (Å²) < 4.78 is 11.6. The van der Waals surface area contributed by atoms with Crippen LogP contribution in [0.2, 0.25) is 0 Å². The SMILES string of the molecule is COc1cc(Br)c(C(C)(C)CCN)cc1OC. The molecule has 0 unspecified atom stereocenters. The highest BCUT2D eigenvalue weighted by Gasteiger charge is 2.24. The summed E-state index contributed by atoms with van der Waals surface area (Å²) in [5, 5.41) is 0. The Labute approximate surface area is 111 Å². The van der Waals surface area contributed by atoms with Crippen LogP contribution in [-0.4, -0.2) is 20.8 Å². The van der Waals surface area contributed by atoms with E-state index in [-0.39, 0.29) is 5.41 Å². The summed E-state index contributed by atoms with van der Waals surface area (Å²) in [4.78, 5) is 0. The monoisotopic (exact) mass is 301 g/mol. The topological polar surface area (TPSA) is 44.5 Å². The predicted octanol–water partition coefficient (Wildman–Crippen LogP) is 3.09. The van der Waals surface area contributed by atoms with E-state index in [9.17, 15) is 0 Å². The van der Waals surface area contributed by atoms with Gasteiger partial charge in [-0.2, -0.15) is 0 Å². The van der Waals surface area contributed by atoms with Crippen molar-refractivity contribution >= 4 is 15.9 Å². The second-order valence-corrected chi connectivity index (χ2v) is 5.46. The number of benzene rings is 1. The van der Waals surface area contributed by atoms with Crippen LogP contribution in [0.25, 0.3) is 0 Å². The minimum atomic E-state index is 0.00708. The van der Waals surface area contributed by atoms with Crippen molar-refractivity contribution in [1.29, 1.82) is 0 Å². The molecule has 0 amide bonds. The molecule has 96 valence electrons. The summed E-state index contributed by atoms with van der Waals surface area (Å²) in [5.74, 6) is 1.47. The number of nitrogens with two attached hydrogens (primary N) is 1. The second-order valence-electron chi connectivity index (χ2n) is 4.61. The number of halogens is 1. The van der Waals surface area contributed by atoms with E-state index in [1.807, 2.05) is 12.1 Å². The molecule has 2 N–H and O–H groups in total. The average Bonchev–Trinajstić information content (AvgIpc) is 2.28. The van der Waals surface area contributed by atoms with Gasteiger partial charge in [0.05, 0.1) is 14.2 Å². The van der Waals surface area contributed by atoms with E-state index in [1.54, 1.807) is 14.2 Å². The molecule has 0 fully saturated rings. The van der Waals surface area contributed by atoms with Crippen LogP contribution in [0, 0.1) is 0 Å². The van der Waals surface area contributed by atoms with Gasteiger partial charge in [0, 0.05) is 4.47 Å². The van der Waals surface area contributed by atoms with Gasteiger partial charge in [-0.25, -0.2) is 0 Å². The third kappa shape index (κ3) is 3.13. The molecule has 17 heavy (non-hydrogen) atoms. The summed E-state index contributed by atoms with van der Waals surface area (Å²) in [6.07, 6.45) is 0.918. The number of hydrogen-bond donors (Lipinski definition) is 1. The van der Waals surface area contributed by atoms with Crippen LogP contribution in [0.15, 0.2) is 16.6 Å². The maximum Gasteiger partial charge on any atom is 0.161 e. The van der Waals surface area contributed by atoms with Gasteiger partial charge in [-0.3, -0.25) is 0 Å². The van der Waals surface area contributed by atoms with Gasteiger partial charge in [-0.15, -0.1) is 0 Å². The van der Waals surface area contributed by atoms with Crippen LogP contribution in [0.5, 0.6) is 11.5 Å². The van der Waals surface area contributed by atoms with Crippen molar-refractivity contribution in [2.75, 3.05) is 20.8 Å². The first kappa shape index (κ1) is 14.3. The van der Waals surface area contributed by atoms with E-state index in [1.165, 1.54) is 5.56 Å². The molecule has 3 nitrogen and oxygen atoms in total. The smallest absolute Gasteiger partial charge is 0.161 e. The van der Waals surface area contributed by atoms with E-state index in [2.05, 4.69) is 29.8 Å². The number of methoxy groups -OCH3 is 2. The second kappa shape index (κ2) is 5.74. The highest BCUT2D eigenvalue weighted by molar-refractivity contribution is 9.10. The molecule has 0 heterocycles. The van der Waals surface area contributed by atoms with E-state index in [0.29, 0.717) is 6.54 Å². The van der Waals surface area contributed by atoms with Crippen molar-refractivity contribution in [2.24, 2.45) is 5.73 Å². The molecular weight excluding hydrogens is 282 g/mol. The minimum Gasteiger partial charge on any atom is -0.493 e. The van der Waals surface area contributed by atoms with Gasteiger partial charge in [0.15, 0.2) is 11.5 Å². The Kier molecular flexibility index (Phi) is 4.83. The van der Waals surface area contributed by atoms with E-state index in [0.717, 1.165) is 22.4 Å². The summed E-state index contributed by atoms with van der Waals surface area (Å²) in [7, 11) is 3.28. The fourth-order valence-electron chi connectivity index (χ4n) is 1.87. The number of hydrogen-bond acceptors (Lipinski definition) is 3. The molecule has 0 spiro atoms. The maximum absolute atomic E-state index is 5.66. The third-order valence-corrected chi connectivity index (χ3v) is 3.63. The lowest BCUT2D eigenvalue weighted by molar-refractivity contribution is 0.352. The van der Waals surface area contributed by atoms with Gasteiger partial charge < -0.3 is 15.2 Å². The first-order valence-corrected chi connectivity index (χ1v) is 6.37. The Morgan fingerprint density at radius 3 is 2.18 bits per heavy atom. The molecule has 1 aromatic carbocycles. The van der Waals surface area contributed by atoms with E-state index < -0.39 is 0 Å². The highest BCUT2D eigenvalue weighted by Crippen LogP contribution is 2.40. The highest BCUT2D eigenvalue weighted by atomic mass is 79.9. The van der Waals surface area contributed by atoms with Crippen molar-refractivity contribution in [3.05, 3.63) is 22.2 Å². The quantitative estimate of drug-likeness (QED) is 0.909. The molecule has 0 aliphatic carbocycles. The molecule has 0 bridgehead atoms. The fraction of sp³-hybridized carbons (Fsp3) is 0.538. The van der Waals surface area contributed by atoms with Gasteiger partial charge in [0.1, 0.15) is 0 Å². The maximum atomic E-state index is 5.66. The first-order chi connectivity index (χ1) is 7.96. The standard InChI is InChI=1S/C13H20BrNO2/c1-13(2,5-6-15)9-7-11(16-3)12(17-4)8-10(9)14/h7-8H,5-6,15H2,1-4H3. The third-order valence-electron chi connectivity index (χ3n) is 2.97. The Hall–Kier alpha value is -0.740. The van der Waals surface area contributed by atoms with Crippen LogP contribution in [0.3, 0.4) is 0 Å². The van der Waals surface area contributed by atoms with Crippen LogP contribution in [0.4, 0.5) is 0 Å². The molecule has 1 rings (SSSR count). The van der Waals surface area contributed by atoms with Gasteiger partial charge in [-0.1, -0.05) is 29.8 Å². The van der Waals surface area contributed by atoms with Crippen LogP contribution >= 0.6 is 15.9 Å². The molecule has 0 atom stereocenters. The van der Waals surface area contributed by atoms with E-state index in [4.69, 9.17) is 15.2 Å². The summed E-state index contributed by atoms with van der Waals surface area (Å²) in [6.45, 7) is 5.01. The molecule has 0 saturated carbocycles. The molecule has 0 aliphatic rings. The lowest BCUT2D eigenvalue weighted by Crippen LogP contribution is -2.22. The number of ether oxygens (including phenoxy) is 2. The summed E-state index contributed by atoms with van der Waals surface area (Å²) in [6, 6.07) is 3.95. The minimum absolute atomic E-state index is 0.00708. The van der Waals surface area contributed by atoms with Crippen molar-refractivity contribution < 1.29 is 9.47 Å². The fourth-order valence-corrected chi connectivity index (χ4v) is 2.73. The van der Waals surface area contributed by atoms with Gasteiger partial charge in [-0.05, 0) is 36.1 Å². The lowest BCUT2D eigenvalue weighted by Gasteiger charge is -2.27. The largest absolute Gasteiger partial charge is 0.493 e. The zero-order valence-corrected chi connectivity index (χ0v) is 12.4. The van der Waals surface area contributed by atoms with Crippen LogP contribution in [0.1, 0.15) is 25.8 Å². The zero-order valence-electron chi connectivity index (χ0n) is 10.8. The van der Waals surface area contributed by atoms with Crippen molar-refractivity contribution in [3.63, 3.8) is 0 Å². The van der Waals surface area contributed by atoms with E-state index >= 15 is 0 Å². The average molecular weight is 302 g/mol. The molecule has 0 aromatic heterocycles. The van der Waals surface area contributed by atoms with Gasteiger partial charge in [0.2, 0.25) is 0 Å². The van der Waals surface area contributed by atoms with Crippen LogP contribution < -0.4 is 15.2 Å². The van der Waals surface area contributed by atoms with Crippen LogP contribution in [-0.2, 0) is 5.41 Å². The molecule has 0 radical (unpaired) electrons. The van der Waals surface area contributed by atoms with Crippen molar-refractivity contribution in [2.45, 2.75) is 25.7 Å². The molecule has 4 heteroatoms. The molecule has 0 saturated heterocycles. The zero-order chi connectivity index (χ0) is 13.1. The Morgan fingerprint density at radius 2 is 1.71 bits per heavy atom. The Balaban J connectivity index is 3.25. The van der Waals surface area contributed by atoms with Gasteiger partial charge in [0.25, 0.3) is 0 Å².